The Kier molecular flexibility index (Phi) is 2.53. The summed E-state index contributed by atoms with van der Waals surface area (Å²) in [6, 6.07) is 0.379. The van der Waals surface area contributed by atoms with Crippen LogP contribution in [0.5, 0.6) is 0 Å². The van der Waals surface area contributed by atoms with Gasteiger partial charge in [-0.05, 0) is 19.4 Å². The SMILES string of the molecule is Clc1cncn2c(C3CCCCN3)cnc12. The fraction of sp³-hybridized carbons (Fsp3) is 0.455. The maximum absolute atomic E-state index is 6.04. The predicted octanol–water partition coefficient (Wildman–Crippen LogP) is 2.20. The highest BCUT2D eigenvalue weighted by molar-refractivity contribution is 6.33. The highest BCUT2D eigenvalue weighted by atomic mass is 35.5. The molecule has 1 unspecified atom stereocenters. The van der Waals surface area contributed by atoms with E-state index in [1.807, 2.05) is 10.6 Å². The van der Waals surface area contributed by atoms with Crippen LogP contribution in [0.15, 0.2) is 18.7 Å². The van der Waals surface area contributed by atoms with Gasteiger partial charge in [-0.3, -0.25) is 4.40 Å². The molecule has 4 nitrogen and oxygen atoms in total. The zero-order valence-corrected chi connectivity index (χ0v) is 9.61. The van der Waals surface area contributed by atoms with E-state index in [1.54, 1.807) is 12.5 Å². The molecule has 0 saturated carbocycles. The molecule has 5 heteroatoms. The molecule has 3 rings (SSSR count). The summed E-state index contributed by atoms with van der Waals surface area (Å²) in [5.41, 5.74) is 1.95. The molecule has 0 bridgehead atoms. The van der Waals surface area contributed by atoms with Crippen LogP contribution >= 0.6 is 11.6 Å². The van der Waals surface area contributed by atoms with Gasteiger partial charge >= 0.3 is 0 Å². The summed E-state index contributed by atoms with van der Waals surface area (Å²) in [6.07, 6.45) is 8.97. The maximum Gasteiger partial charge on any atom is 0.158 e. The molecule has 1 fully saturated rings. The van der Waals surface area contributed by atoms with Gasteiger partial charge in [0.15, 0.2) is 5.65 Å². The van der Waals surface area contributed by atoms with Gasteiger partial charge in [-0.25, -0.2) is 9.97 Å². The van der Waals surface area contributed by atoms with Gasteiger partial charge in [-0.2, -0.15) is 0 Å². The van der Waals surface area contributed by atoms with Crippen molar-refractivity contribution in [3.63, 3.8) is 0 Å². The number of imidazole rings is 1. The van der Waals surface area contributed by atoms with Gasteiger partial charge in [0.05, 0.1) is 18.1 Å². The molecular formula is C11H13ClN4. The Balaban J connectivity index is 2.06. The van der Waals surface area contributed by atoms with Crippen molar-refractivity contribution in [1.82, 2.24) is 19.7 Å². The zero-order chi connectivity index (χ0) is 11.0. The van der Waals surface area contributed by atoms with E-state index in [2.05, 4.69) is 15.3 Å². The topological polar surface area (TPSA) is 42.2 Å². The Bertz CT molecular complexity index is 502. The van der Waals surface area contributed by atoms with Crippen LogP contribution in [0.1, 0.15) is 31.0 Å². The van der Waals surface area contributed by atoms with E-state index in [4.69, 9.17) is 11.6 Å². The van der Waals surface area contributed by atoms with E-state index in [9.17, 15) is 0 Å². The quantitative estimate of drug-likeness (QED) is 0.826. The molecule has 1 N–H and O–H groups in total. The highest BCUT2D eigenvalue weighted by Gasteiger charge is 2.18. The Morgan fingerprint density at radius 1 is 1.38 bits per heavy atom. The van der Waals surface area contributed by atoms with Gasteiger partial charge in [0, 0.05) is 6.04 Å². The second kappa shape index (κ2) is 4.03. The number of nitrogens with zero attached hydrogens (tertiary/aromatic N) is 3. The minimum atomic E-state index is 0.379. The van der Waals surface area contributed by atoms with Gasteiger partial charge in [-0.1, -0.05) is 18.0 Å². The number of hydrogen-bond donors (Lipinski definition) is 1. The van der Waals surface area contributed by atoms with Gasteiger partial charge in [0.25, 0.3) is 0 Å². The third-order valence-corrected chi connectivity index (χ3v) is 3.34. The Morgan fingerprint density at radius 2 is 2.31 bits per heavy atom. The molecular weight excluding hydrogens is 224 g/mol. The average molecular weight is 237 g/mol. The fourth-order valence-electron chi connectivity index (χ4n) is 2.26. The summed E-state index contributed by atoms with van der Waals surface area (Å²) in [5, 5.41) is 4.10. The molecule has 0 radical (unpaired) electrons. The van der Waals surface area contributed by atoms with Gasteiger partial charge in [0.2, 0.25) is 0 Å². The summed E-state index contributed by atoms with van der Waals surface area (Å²) < 4.78 is 1.98. The number of hydrogen-bond acceptors (Lipinski definition) is 3. The monoisotopic (exact) mass is 236 g/mol. The largest absolute Gasteiger partial charge is 0.309 e. The number of halogens is 1. The van der Waals surface area contributed by atoms with Crippen LogP contribution in [-0.2, 0) is 0 Å². The number of piperidine rings is 1. The third kappa shape index (κ3) is 1.58. The number of rotatable bonds is 1. The van der Waals surface area contributed by atoms with E-state index < -0.39 is 0 Å². The van der Waals surface area contributed by atoms with Gasteiger partial charge in [-0.15, -0.1) is 0 Å². The Labute approximate surface area is 98.7 Å². The third-order valence-electron chi connectivity index (χ3n) is 3.08. The predicted molar refractivity (Wildman–Crippen MR) is 62.6 cm³/mol. The second-order valence-electron chi connectivity index (χ2n) is 4.12. The lowest BCUT2D eigenvalue weighted by Crippen LogP contribution is -2.27. The van der Waals surface area contributed by atoms with E-state index >= 15 is 0 Å². The van der Waals surface area contributed by atoms with Crippen molar-refractivity contribution in [3.8, 4) is 0 Å². The van der Waals surface area contributed by atoms with Gasteiger partial charge in [0.1, 0.15) is 11.3 Å². The molecule has 0 amide bonds. The van der Waals surface area contributed by atoms with Crippen molar-refractivity contribution in [2.24, 2.45) is 0 Å². The number of aromatic nitrogens is 3. The van der Waals surface area contributed by atoms with Crippen molar-refractivity contribution >= 4 is 17.2 Å². The van der Waals surface area contributed by atoms with Crippen LogP contribution in [0.3, 0.4) is 0 Å². The lowest BCUT2D eigenvalue weighted by atomic mass is 10.0. The average Bonchev–Trinajstić information content (AvgIpc) is 2.75. The number of fused-ring (bicyclic) bond motifs is 1. The molecule has 0 aliphatic carbocycles. The molecule has 2 aromatic heterocycles. The first kappa shape index (κ1) is 10.1. The lowest BCUT2D eigenvalue weighted by Gasteiger charge is -2.22. The summed E-state index contributed by atoms with van der Waals surface area (Å²) in [5.74, 6) is 0. The van der Waals surface area contributed by atoms with E-state index in [-0.39, 0.29) is 0 Å². The summed E-state index contributed by atoms with van der Waals surface area (Å²) >= 11 is 6.04. The van der Waals surface area contributed by atoms with E-state index in [0.29, 0.717) is 11.1 Å². The Hall–Kier alpha value is -1.13. The molecule has 1 saturated heterocycles. The maximum atomic E-state index is 6.04. The smallest absolute Gasteiger partial charge is 0.158 e. The molecule has 0 spiro atoms. The standard InChI is InChI=1S/C11H13ClN4/c12-8-5-13-7-16-10(6-15-11(8)16)9-3-1-2-4-14-9/h5-7,9,14H,1-4H2. The molecule has 16 heavy (non-hydrogen) atoms. The van der Waals surface area contributed by atoms with Crippen molar-refractivity contribution < 1.29 is 0 Å². The van der Waals surface area contributed by atoms with Crippen LogP contribution < -0.4 is 5.32 Å². The van der Waals surface area contributed by atoms with Crippen LogP contribution in [0.2, 0.25) is 5.02 Å². The van der Waals surface area contributed by atoms with Crippen molar-refractivity contribution in [2.45, 2.75) is 25.3 Å². The van der Waals surface area contributed by atoms with Crippen LogP contribution in [0.4, 0.5) is 0 Å². The van der Waals surface area contributed by atoms with Gasteiger partial charge < -0.3 is 5.32 Å². The van der Waals surface area contributed by atoms with Crippen molar-refractivity contribution in [2.75, 3.05) is 6.54 Å². The molecule has 1 aliphatic rings. The first-order valence-electron chi connectivity index (χ1n) is 5.56. The summed E-state index contributed by atoms with van der Waals surface area (Å²) in [7, 11) is 0. The first-order valence-corrected chi connectivity index (χ1v) is 5.94. The molecule has 1 aliphatic heterocycles. The van der Waals surface area contributed by atoms with Crippen LogP contribution in [0.25, 0.3) is 5.65 Å². The second-order valence-corrected chi connectivity index (χ2v) is 4.53. The highest BCUT2D eigenvalue weighted by Crippen LogP contribution is 2.25. The summed E-state index contributed by atoms with van der Waals surface area (Å²) in [4.78, 5) is 8.45. The molecule has 2 aromatic rings. The summed E-state index contributed by atoms with van der Waals surface area (Å²) in [6.45, 7) is 1.08. The minimum absolute atomic E-state index is 0.379. The number of nitrogens with one attached hydrogen (secondary N) is 1. The van der Waals surface area contributed by atoms with E-state index in [0.717, 1.165) is 24.3 Å². The van der Waals surface area contributed by atoms with Crippen molar-refractivity contribution in [3.05, 3.63) is 29.4 Å². The zero-order valence-electron chi connectivity index (χ0n) is 8.86. The lowest BCUT2D eigenvalue weighted by molar-refractivity contribution is 0.403. The fourth-order valence-corrected chi connectivity index (χ4v) is 2.45. The van der Waals surface area contributed by atoms with E-state index in [1.165, 1.54) is 12.8 Å². The minimum Gasteiger partial charge on any atom is -0.309 e. The molecule has 84 valence electrons. The first-order chi connectivity index (χ1) is 7.86. The molecule has 3 heterocycles. The normalized spacial score (nSPS) is 21.4. The Morgan fingerprint density at radius 3 is 3.12 bits per heavy atom. The van der Waals surface area contributed by atoms with Crippen LogP contribution in [0, 0.1) is 0 Å². The van der Waals surface area contributed by atoms with Crippen molar-refractivity contribution in [1.29, 1.82) is 0 Å². The molecule has 1 atom stereocenters. The van der Waals surface area contributed by atoms with Crippen LogP contribution in [-0.4, -0.2) is 20.9 Å². The molecule has 0 aromatic carbocycles.